The van der Waals surface area contributed by atoms with Gasteiger partial charge in [0.25, 0.3) is 5.69 Å². The van der Waals surface area contributed by atoms with Gasteiger partial charge in [0.05, 0.1) is 16.9 Å². The van der Waals surface area contributed by atoms with E-state index >= 15 is 0 Å². The third-order valence-corrected chi connectivity index (χ3v) is 7.72. The normalized spacial score (nSPS) is 12.7. The van der Waals surface area contributed by atoms with Crippen LogP contribution < -0.4 is 9.62 Å². The van der Waals surface area contributed by atoms with Crippen LogP contribution in [-0.2, 0) is 32.6 Å². The number of hydrogen-bond donors (Lipinski definition) is 1. The van der Waals surface area contributed by atoms with Crippen molar-refractivity contribution in [3.8, 4) is 0 Å². The first-order valence-corrected chi connectivity index (χ1v) is 14.8. The molecule has 0 aliphatic heterocycles. The molecule has 2 atom stereocenters. The Morgan fingerprint density at radius 1 is 1.02 bits per heavy atom. The molecule has 10 nitrogen and oxygen atoms in total. The van der Waals surface area contributed by atoms with Gasteiger partial charge in [-0.2, -0.15) is 0 Å². The van der Waals surface area contributed by atoms with Crippen molar-refractivity contribution >= 4 is 33.2 Å². The highest BCUT2D eigenvalue weighted by molar-refractivity contribution is 7.92. The quantitative estimate of drug-likeness (QED) is 0.238. The van der Waals surface area contributed by atoms with Crippen LogP contribution in [0, 0.1) is 15.9 Å². The van der Waals surface area contributed by atoms with Gasteiger partial charge in [-0.1, -0.05) is 61.5 Å². The lowest BCUT2D eigenvalue weighted by Gasteiger charge is -2.34. The van der Waals surface area contributed by atoms with Gasteiger partial charge < -0.3 is 10.2 Å². The zero-order valence-electron chi connectivity index (χ0n) is 23.1. The Morgan fingerprint density at radius 3 is 2.29 bits per heavy atom. The largest absolute Gasteiger partial charge is 0.352 e. The number of nitro benzene ring substituents is 1. The van der Waals surface area contributed by atoms with Crippen molar-refractivity contribution in [3.63, 3.8) is 0 Å². The Balaban J connectivity index is 2.09. The Kier molecular flexibility index (Phi) is 10.5. The summed E-state index contributed by atoms with van der Waals surface area (Å²) in [5.41, 5.74) is 0.421. The molecule has 0 aliphatic rings. The van der Waals surface area contributed by atoms with Gasteiger partial charge in [0, 0.05) is 36.7 Å². The molecule has 0 aromatic heterocycles. The number of nitrogens with one attached hydrogen (secondary N) is 1. The van der Waals surface area contributed by atoms with Gasteiger partial charge in [0.15, 0.2) is 0 Å². The van der Waals surface area contributed by atoms with Crippen LogP contribution in [0.3, 0.4) is 0 Å². The van der Waals surface area contributed by atoms with Crippen molar-refractivity contribution in [2.24, 2.45) is 0 Å². The summed E-state index contributed by atoms with van der Waals surface area (Å²) in [6.07, 6.45) is 1.58. The first-order chi connectivity index (χ1) is 19.4. The standard InChI is InChI=1S/C29H33FN4O6S/c1-4-21(2)31-29(36)27(17-22-11-6-5-7-12-22)32(19-23-13-8-9-16-26(23)30)28(35)20-33(41(3,39)40)24-14-10-15-25(18-24)34(37)38/h5-16,18,21,27H,4,17,19-20H2,1-3H3,(H,31,36)/t21-,27-/m0/s1. The second-order valence-corrected chi connectivity index (χ2v) is 11.6. The Hall–Kier alpha value is -4.32. The number of benzene rings is 3. The highest BCUT2D eigenvalue weighted by atomic mass is 32.2. The summed E-state index contributed by atoms with van der Waals surface area (Å²) < 4.78 is 41.2. The molecular formula is C29H33FN4O6S. The molecule has 218 valence electrons. The minimum absolute atomic E-state index is 0.0823. The smallest absolute Gasteiger partial charge is 0.271 e. The molecule has 3 rings (SSSR count). The molecule has 2 amide bonds. The maximum Gasteiger partial charge on any atom is 0.271 e. The molecule has 0 heterocycles. The fourth-order valence-corrected chi connectivity index (χ4v) is 5.02. The maximum absolute atomic E-state index is 14.8. The van der Waals surface area contributed by atoms with Crippen molar-refractivity contribution < 1.29 is 27.3 Å². The summed E-state index contributed by atoms with van der Waals surface area (Å²) in [6, 6.07) is 18.3. The molecule has 0 fully saturated rings. The van der Waals surface area contributed by atoms with E-state index in [0.29, 0.717) is 6.42 Å². The minimum Gasteiger partial charge on any atom is -0.352 e. The van der Waals surface area contributed by atoms with Crippen LogP contribution in [0.5, 0.6) is 0 Å². The third-order valence-electron chi connectivity index (χ3n) is 6.58. The highest BCUT2D eigenvalue weighted by Gasteiger charge is 2.34. The number of nitro groups is 1. The van der Waals surface area contributed by atoms with E-state index in [4.69, 9.17) is 0 Å². The number of sulfonamides is 1. The minimum atomic E-state index is -4.11. The van der Waals surface area contributed by atoms with Crippen molar-refractivity contribution in [1.29, 1.82) is 0 Å². The van der Waals surface area contributed by atoms with Crippen LogP contribution in [0.25, 0.3) is 0 Å². The number of hydrogen-bond acceptors (Lipinski definition) is 6. The molecule has 12 heteroatoms. The summed E-state index contributed by atoms with van der Waals surface area (Å²) in [5.74, 6) is -1.86. The van der Waals surface area contributed by atoms with Gasteiger partial charge >= 0.3 is 0 Å². The summed E-state index contributed by atoms with van der Waals surface area (Å²) >= 11 is 0. The summed E-state index contributed by atoms with van der Waals surface area (Å²) in [4.78, 5) is 39.4. The lowest BCUT2D eigenvalue weighted by Crippen LogP contribution is -2.54. The molecule has 3 aromatic rings. The average molecular weight is 585 g/mol. The highest BCUT2D eigenvalue weighted by Crippen LogP contribution is 2.24. The van der Waals surface area contributed by atoms with Crippen molar-refractivity contribution in [3.05, 3.63) is 106 Å². The number of carbonyl (C=O) groups excluding carboxylic acids is 2. The summed E-state index contributed by atoms with van der Waals surface area (Å²) in [5, 5.41) is 14.2. The number of anilines is 1. The molecule has 0 unspecified atom stereocenters. The van der Waals surface area contributed by atoms with Gasteiger partial charge in [0.1, 0.15) is 18.4 Å². The molecule has 0 bridgehead atoms. The zero-order chi connectivity index (χ0) is 30.2. The lowest BCUT2D eigenvalue weighted by molar-refractivity contribution is -0.384. The van der Waals surface area contributed by atoms with E-state index in [1.54, 1.807) is 30.3 Å². The second-order valence-electron chi connectivity index (χ2n) is 9.68. The molecule has 1 N–H and O–H groups in total. The van der Waals surface area contributed by atoms with Gasteiger partial charge in [0.2, 0.25) is 21.8 Å². The van der Waals surface area contributed by atoms with Crippen LogP contribution in [0.4, 0.5) is 15.8 Å². The second kappa shape index (κ2) is 13.8. The predicted molar refractivity (Wildman–Crippen MR) is 154 cm³/mol. The number of carbonyl (C=O) groups is 2. The number of rotatable bonds is 13. The molecule has 0 saturated heterocycles. The van der Waals surface area contributed by atoms with E-state index < -0.39 is 45.2 Å². The molecular weight excluding hydrogens is 551 g/mol. The van der Waals surface area contributed by atoms with Crippen LogP contribution in [0.15, 0.2) is 78.9 Å². The van der Waals surface area contributed by atoms with Crippen LogP contribution >= 0.6 is 0 Å². The van der Waals surface area contributed by atoms with E-state index in [0.717, 1.165) is 22.2 Å². The van der Waals surface area contributed by atoms with Gasteiger partial charge in [-0.15, -0.1) is 0 Å². The summed E-state index contributed by atoms with van der Waals surface area (Å²) in [7, 11) is -4.11. The van der Waals surface area contributed by atoms with E-state index in [1.165, 1.54) is 41.3 Å². The fourth-order valence-electron chi connectivity index (χ4n) is 4.18. The molecule has 0 spiro atoms. The van der Waals surface area contributed by atoms with E-state index in [-0.39, 0.29) is 35.9 Å². The summed E-state index contributed by atoms with van der Waals surface area (Å²) in [6.45, 7) is 2.62. The Morgan fingerprint density at radius 2 is 1.68 bits per heavy atom. The molecule has 0 radical (unpaired) electrons. The van der Waals surface area contributed by atoms with Gasteiger partial charge in [-0.05, 0) is 31.0 Å². The van der Waals surface area contributed by atoms with E-state index in [1.807, 2.05) is 19.9 Å². The maximum atomic E-state index is 14.8. The van der Waals surface area contributed by atoms with Crippen LogP contribution in [-0.4, -0.2) is 54.9 Å². The van der Waals surface area contributed by atoms with E-state index in [2.05, 4.69) is 5.32 Å². The van der Waals surface area contributed by atoms with Gasteiger partial charge in [-0.25, -0.2) is 12.8 Å². The monoisotopic (exact) mass is 584 g/mol. The molecule has 41 heavy (non-hydrogen) atoms. The first-order valence-electron chi connectivity index (χ1n) is 13.0. The van der Waals surface area contributed by atoms with Crippen molar-refractivity contribution in [1.82, 2.24) is 10.2 Å². The molecule has 3 aromatic carbocycles. The van der Waals surface area contributed by atoms with Gasteiger partial charge in [-0.3, -0.25) is 24.0 Å². The molecule has 0 aliphatic carbocycles. The van der Waals surface area contributed by atoms with Crippen molar-refractivity contribution in [2.75, 3.05) is 17.1 Å². The number of halogens is 1. The number of non-ortho nitro benzene ring substituents is 1. The predicted octanol–water partition coefficient (Wildman–Crippen LogP) is 4.05. The lowest BCUT2D eigenvalue weighted by atomic mass is 10.0. The van der Waals surface area contributed by atoms with Crippen molar-refractivity contribution in [2.45, 2.75) is 45.3 Å². The third kappa shape index (κ3) is 8.58. The number of amides is 2. The Labute approximate surface area is 239 Å². The Bertz CT molecular complexity index is 1490. The fraction of sp³-hybridized carbons (Fsp3) is 0.310. The topological polar surface area (TPSA) is 130 Å². The number of nitrogens with zero attached hydrogens (tertiary/aromatic N) is 3. The molecule has 0 saturated carbocycles. The average Bonchev–Trinajstić information content (AvgIpc) is 2.94. The first kappa shape index (κ1) is 31.2. The van der Waals surface area contributed by atoms with E-state index in [9.17, 15) is 32.5 Å². The SMILES string of the molecule is CC[C@H](C)NC(=O)[C@H](Cc1ccccc1)N(Cc1ccccc1F)C(=O)CN(c1cccc([N+](=O)[O-])c1)S(C)(=O)=O. The zero-order valence-corrected chi connectivity index (χ0v) is 23.9. The van der Waals surface area contributed by atoms with Crippen LogP contribution in [0.2, 0.25) is 0 Å². The van der Waals surface area contributed by atoms with Crippen LogP contribution in [0.1, 0.15) is 31.4 Å².